The molecule has 0 saturated heterocycles. The molecule has 0 radical (unpaired) electrons. The Labute approximate surface area is 214 Å². The lowest BCUT2D eigenvalue weighted by molar-refractivity contribution is -0.684. The summed E-state index contributed by atoms with van der Waals surface area (Å²) in [5, 5.41) is 4.88. The molecule has 4 heterocycles. The van der Waals surface area contributed by atoms with E-state index < -0.39 is 0 Å². The Bertz CT molecular complexity index is 1500. The fourth-order valence-corrected chi connectivity index (χ4v) is 8.64. The van der Waals surface area contributed by atoms with E-state index in [1.54, 1.807) is 45.8 Å². The number of halogens is 2. The highest BCUT2D eigenvalue weighted by molar-refractivity contribution is 9.11. The van der Waals surface area contributed by atoms with Crippen LogP contribution in [-0.2, 0) is 13.1 Å². The Balaban J connectivity index is 1.61. The Morgan fingerprint density at radius 3 is 2.81 bits per heavy atom. The molecule has 0 bridgehead atoms. The summed E-state index contributed by atoms with van der Waals surface area (Å²) in [5.41, 5.74) is 1.14. The van der Waals surface area contributed by atoms with Gasteiger partial charge in [0.05, 0.1) is 25.8 Å². The number of thioether (sulfide) groups is 1. The van der Waals surface area contributed by atoms with Crippen molar-refractivity contribution in [3.05, 3.63) is 80.2 Å². The molecule has 0 amide bonds. The average molecular weight is 584 g/mol. The summed E-state index contributed by atoms with van der Waals surface area (Å²) in [4.78, 5) is 17.8. The topological polar surface area (TPSA) is 29.1 Å². The number of benzene rings is 1. The summed E-state index contributed by atoms with van der Waals surface area (Å²) in [6, 6.07) is 10.1. The Hall–Kier alpha value is -1.36. The van der Waals surface area contributed by atoms with Crippen LogP contribution in [0.2, 0.25) is 5.02 Å². The quantitative estimate of drug-likeness (QED) is 0.319. The number of nitrogens with zero attached hydrogens (tertiary/aromatic N) is 3. The summed E-state index contributed by atoms with van der Waals surface area (Å²) in [6.07, 6.45) is 4.24. The summed E-state index contributed by atoms with van der Waals surface area (Å²) < 4.78 is 6.96. The molecule has 3 aromatic heterocycles. The van der Waals surface area contributed by atoms with Crippen molar-refractivity contribution in [3.8, 4) is 0 Å². The lowest BCUT2D eigenvalue weighted by Gasteiger charge is -2.12. The monoisotopic (exact) mass is 582 g/mol. The summed E-state index contributed by atoms with van der Waals surface area (Å²) in [7, 11) is 2.01. The Kier molecular flexibility index (Phi) is 6.39. The van der Waals surface area contributed by atoms with Crippen LogP contribution < -0.4 is 24.2 Å². The zero-order chi connectivity index (χ0) is 22.4. The zero-order valence-electron chi connectivity index (χ0n) is 17.2. The highest BCUT2D eigenvalue weighted by Crippen LogP contribution is 2.46. The van der Waals surface area contributed by atoms with E-state index in [9.17, 15) is 4.79 Å². The van der Waals surface area contributed by atoms with E-state index in [1.165, 1.54) is 4.88 Å². The fraction of sp³-hybridized carbons (Fsp3) is 0.182. The molecule has 0 spiro atoms. The fourth-order valence-electron chi connectivity index (χ4n) is 3.57. The van der Waals surface area contributed by atoms with Crippen molar-refractivity contribution >= 4 is 90.1 Å². The van der Waals surface area contributed by atoms with Gasteiger partial charge in [0.1, 0.15) is 14.2 Å². The second kappa shape index (κ2) is 9.12. The molecule has 4 nitrogen and oxygen atoms in total. The molecule has 0 aliphatic carbocycles. The molecule has 1 aliphatic rings. The molecule has 0 N–H and O–H groups in total. The minimum atomic E-state index is 0.0577. The number of rotatable bonds is 4. The zero-order valence-corrected chi connectivity index (χ0v) is 22.8. The van der Waals surface area contributed by atoms with Gasteiger partial charge in [0, 0.05) is 23.5 Å². The third-order valence-electron chi connectivity index (χ3n) is 5.13. The van der Waals surface area contributed by atoms with Crippen molar-refractivity contribution in [2.24, 2.45) is 0 Å². The van der Waals surface area contributed by atoms with E-state index >= 15 is 0 Å². The van der Waals surface area contributed by atoms with Crippen molar-refractivity contribution in [2.75, 3.05) is 11.9 Å². The van der Waals surface area contributed by atoms with Gasteiger partial charge in [0.15, 0.2) is 12.7 Å². The lowest BCUT2D eigenvalue weighted by Crippen LogP contribution is -2.36. The van der Waals surface area contributed by atoms with Gasteiger partial charge < -0.3 is 4.90 Å². The van der Waals surface area contributed by atoms with Crippen LogP contribution in [0.5, 0.6) is 0 Å². The number of fused-ring (bicyclic) bond motifs is 1. The van der Waals surface area contributed by atoms with E-state index in [-0.39, 0.29) is 5.56 Å². The molecule has 32 heavy (non-hydrogen) atoms. The van der Waals surface area contributed by atoms with Crippen LogP contribution in [0.3, 0.4) is 0 Å². The first-order valence-electron chi connectivity index (χ1n) is 9.82. The molecule has 1 aromatic carbocycles. The third-order valence-corrected chi connectivity index (χ3v) is 10.3. The normalized spacial score (nSPS) is 15.6. The van der Waals surface area contributed by atoms with Gasteiger partial charge in [-0.05, 0) is 53.2 Å². The molecule has 0 unspecified atom stereocenters. The molecule has 0 atom stereocenters. The highest BCUT2D eigenvalue weighted by atomic mass is 79.9. The first-order valence-corrected chi connectivity index (χ1v) is 14.3. The number of thiophene rings is 1. The van der Waals surface area contributed by atoms with Gasteiger partial charge in [-0.2, -0.15) is 4.57 Å². The number of aromatic nitrogens is 2. The van der Waals surface area contributed by atoms with E-state index in [0.717, 1.165) is 40.1 Å². The van der Waals surface area contributed by atoms with Gasteiger partial charge in [-0.15, -0.1) is 22.7 Å². The average Bonchev–Trinajstić information content (AvgIpc) is 3.51. The molecule has 4 aromatic rings. The lowest BCUT2D eigenvalue weighted by atomic mass is 10.3. The number of anilines is 1. The summed E-state index contributed by atoms with van der Waals surface area (Å²) in [6.45, 7) is 3.46. The second-order valence-corrected chi connectivity index (χ2v) is 13.1. The van der Waals surface area contributed by atoms with E-state index in [0.29, 0.717) is 11.6 Å². The van der Waals surface area contributed by atoms with Gasteiger partial charge in [0.25, 0.3) is 10.6 Å². The Morgan fingerprint density at radius 1 is 1.22 bits per heavy atom. The second-order valence-electron chi connectivity index (χ2n) is 7.12. The van der Waals surface area contributed by atoms with Crippen molar-refractivity contribution in [1.29, 1.82) is 0 Å². The molecule has 10 heteroatoms. The van der Waals surface area contributed by atoms with Gasteiger partial charge in [-0.25, -0.2) is 0 Å². The molecule has 0 fully saturated rings. The van der Waals surface area contributed by atoms with Crippen LogP contribution in [0.4, 0.5) is 5.69 Å². The summed E-state index contributed by atoms with van der Waals surface area (Å²) in [5.74, 6) is 0. The van der Waals surface area contributed by atoms with E-state index in [4.69, 9.17) is 11.6 Å². The van der Waals surface area contributed by atoms with Gasteiger partial charge in [0.2, 0.25) is 0 Å². The van der Waals surface area contributed by atoms with E-state index in [1.807, 2.05) is 36.7 Å². The number of thiazole rings is 2. The smallest absolute Gasteiger partial charge is 0.271 e. The summed E-state index contributed by atoms with van der Waals surface area (Å²) >= 11 is 16.3. The maximum atomic E-state index is 13.3. The maximum Gasteiger partial charge on any atom is 0.271 e. The van der Waals surface area contributed by atoms with Crippen LogP contribution in [0.15, 0.2) is 55.4 Å². The predicted octanol–water partition coefficient (Wildman–Crippen LogP) is 4.94. The van der Waals surface area contributed by atoms with E-state index in [2.05, 4.69) is 55.2 Å². The predicted molar refractivity (Wildman–Crippen MR) is 142 cm³/mol. The van der Waals surface area contributed by atoms with Gasteiger partial charge in [-0.3, -0.25) is 9.36 Å². The van der Waals surface area contributed by atoms with Crippen molar-refractivity contribution in [3.63, 3.8) is 0 Å². The Morgan fingerprint density at radius 2 is 2.06 bits per heavy atom. The molecule has 0 saturated carbocycles. The number of hydrogen-bond donors (Lipinski definition) is 0. The van der Waals surface area contributed by atoms with Crippen LogP contribution in [0, 0.1) is 0 Å². The standard InChI is InChI=1S/C22H18BrClN3OS4/c1-3-27-19(11-18-26(8-9-29-18)12-14-5-7-17(23)30-14)32-20(21(27)28)22-25(2)15-6-4-13(24)10-16(15)31-22/h4-11H,3,12H2,1-2H3/q+1. The van der Waals surface area contributed by atoms with Crippen LogP contribution in [0.1, 0.15) is 16.8 Å². The van der Waals surface area contributed by atoms with Crippen LogP contribution >= 0.6 is 73.3 Å². The maximum absolute atomic E-state index is 13.3. The largest absolute Gasteiger partial charge is 0.337 e. The van der Waals surface area contributed by atoms with Gasteiger partial charge >= 0.3 is 0 Å². The SMILES string of the molecule is CCn1c(=Cc2scc[n+]2Cc2ccc(Br)s2)sc(=C2Sc3cc(Cl)ccc3N2C)c1=O. The molecular formula is C22H18BrClN3OS4+. The van der Waals surface area contributed by atoms with Crippen molar-refractivity contribution in [1.82, 2.24) is 4.57 Å². The first kappa shape index (κ1) is 22.4. The minimum absolute atomic E-state index is 0.0577. The first-order chi connectivity index (χ1) is 15.4. The van der Waals surface area contributed by atoms with Crippen LogP contribution in [-0.4, -0.2) is 11.6 Å². The van der Waals surface area contributed by atoms with Crippen LogP contribution in [0.25, 0.3) is 11.1 Å². The van der Waals surface area contributed by atoms with Gasteiger partial charge in [-0.1, -0.05) is 34.7 Å². The molecule has 5 rings (SSSR count). The third kappa shape index (κ3) is 4.15. The minimum Gasteiger partial charge on any atom is -0.337 e. The van der Waals surface area contributed by atoms with Crippen molar-refractivity contribution in [2.45, 2.75) is 24.9 Å². The highest BCUT2D eigenvalue weighted by Gasteiger charge is 2.25. The molecular weight excluding hydrogens is 566 g/mol. The van der Waals surface area contributed by atoms with Crippen molar-refractivity contribution < 1.29 is 4.57 Å². The molecule has 1 aliphatic heterocycles. The number of hydrogen-bond acceptors (Lipinski definition) is 6. The molecule has 164 valence electrons.